The Bertz CT molecular complexity index is 676. The molecule has 0 aliphatic heterocycles. The van der Waals surface area contributed by atoms with E-state index in [0.717, 1.165) is 63.7 Å². The van der Waals surface area contributed by atoms with E-state index in [0.29, 0.717) is 19.3 Å². The molecule has 0 saturated carbocycles. The molecule has 0 amide bonds. The summed E-state index contributed by atoms with van der Waals surface area (Å²) in [7, 11) is 0. The van der Waals surface area contributed by atoms with E-state index < -0.39 is 6.10 Å². The monoisotopic (exact) mass is 639 g/mol. The number of esters is 3. The molecule has 0 N–H and O–H groups in total. The molecule has 1 atom stereocenters. The Morgan fingerprint density at radius 1 is 0.422 bits per heavy atom. The molecule has 0 aromatic carbocycles. The van der Waals surface area contributed by atoms with Gasteiger partial charge in [0.2, 0.25) is 0 Å². The van der Waals surface area contributed by atoms with E-state index in [1.54, 1.807) is 0 Å². The summed E-state index contributed by atoms with van der Waals surface area (Å²) in [5.74, 6) is -0.112. The molecule has 266 valence electrons. The minimum atomic E-state index is -0.756. The summed E-state index contributed by atoms with van der Waals surface area (Å²) in [4.78, 5) is 37.3. The summed E-state index contributed by atoms with van der Waals surface area (Å²) >= 11 is 0. The van der Waals surface area contributed by atoms with Gasteiger partial charge in [0, 0.05) is 19.3 Å². The predicted molar refractivity (Wildman–Crippen MR) is 187 cm³/mol. The van der Waals surface area contributed by atoms with Crippen molar-refractivity contribution in [1.82, 2.24) is 0 Å². The van der Waals surface area contributed by atoms with E-state index >= 15 is 0 Å². The standard InChI is InChI=1S/C39H74O6/c1-5-7-9-11-13-14-15-16-18-24-28-32-39(42)45-36(33-43-37(40)30-26-22-17-12-10-8-6-2)34-44-38(41)31-27-23-20-19-21-25-29-35(3)4/h35-36H,5-34H2,1-4H3/t36-/m0/s1. The molecule has 0 bridgehead atoms. The van der Waals surface area contributed by atoms with E-state index in [4.69, 9.17) is 14.2 Å². The summed E-state index contributed by atoms with van der Waals surface area (Å²) in [5, 5.41) is 0. The highest BCUT2D eigenvalue weighted by molar-refractivity contribution is 5.71. The molecule has 6 nitrogen and oxygen atoms in total. The van der Waals surface area contributed by atoms with Gasteiger partial charge in [0.25, 0.3) is 0 Å². The molecule has 0 aromatic rings. The van der Waals surface area contributed by atoms with E-state index in [1.807, 2.05) is 0 Å². The first-order valence-electron chi connectivity index (χ1n) is 19.4. The number of ether oxygens (including phenoxy) is 3. The fourth-order valence-electron chi connectivity index (χ4n) is 5.57. The lowest BCUT2D eigenvalue weighted by molar-refractivity contribution is -0.167. The SMILES string of the molecule is CCCCCCCCCCCCCC(=O)O[C@@H](COC(=O)CCCCCCCCC)COC(=O)CCCCCCCCC(C)C. The molecule has 0 heterocycles. The molecule has 0 fully saturated rings. The zero-order valence-corrected chi connectivity index (χ0v) is 30.3. The molecular weight excluding hydrogens is 564 g/mol. The average Bonchev–Trinajstić information content (AvgIpc) is 3.01. The topological polar surface area (TPSA) is 78.9 Å². The van der Waals surface area contributed by atoms with Crippen LogP contribution >= 0.6 is 0 Å². The second-order valence-electron chi connectivity index (χ2n) is 13.7. The van der Waals surface area contributed by atoms with E-state index in [2.05, 4.69) is 27.7 Å². The number of carbonyl (C=O) groups is 3. The Kier molecular flexibility index (Phi) is 32.6. The third kappa shape index (κ3) is 33.6. The molecule has 0 unspecified atom stereocenters. The highest BCUT2D eigenvalue weighted by Crippen LogP contribution is 2.15. The first-order chi connectivity index (χ1) is 21.9. The minimum absolute atomic E-state index is 0.0665. The van der Waals surface area contributed by atoms with E-state index in [-0.39, 0.29) is 31.1 Å². The van der Waals surface area contributed by atoms with Gasteiger partial charge in [-0.05, 0) is 25.2 Å². The van der Waals surface area contributed by atoms with Gasteiger partial charge in [-0.1, -0.05) is 169 Å². The van der Waals surface area contributed by atoms with Crippen molar-refractivity contribution in [3.8, 4) is 0 Å². The van der Waals surface area contributed by atoms with Gasteiger partial charge in [0.1, 0.15) is 13.2 Å². The summed E-state index contributed by atoms with van der Waals surface area (Å²) in [6.45, 7) is 8.84. The quantitative estimate of drug-likeness (QED) is 0.0396. The van der Waals surface area contributed by atoms with Crippen molar-refractivity contribution < 1.29 is 28.6 Å². The number of unbranched alkanes of at least 4 members (excludes halogenated alkanes) is 21. The highest BCUT2D eigenvalue weighted by atomic mass is 16.6. The first kappa shape index (κ1) is 43.4. The largest absolute Gasteiger partial charge is 0.462 e. The van der Waals surface area contributed by atoms with Crippen molar-refractivity contribution in [3.63, 3.8) is 0 Å². The molecule has 0 aliphatic rings. The maximum atomic E-state index is 12.6. The lowest BCUT2D eigenvalue weighted by Gasteiger charge is -2.18. The predicted octanol–water partition coefficient (Wildman–Crippen LogP) is 11.6. The normalized spacial score (nSPS) is 11.9. The summed E-state index contributed by atoms with van der Waals surface area (Å²) in [5.41, 5.74) is 0. The average molecular weight is 639 g/mol. The smallest absolute Gasteiger partial charge is 0.306 e. The summed E-state index contributed by atoms with van der Waals surface area (Å²) in [6, 6.07) is 0. The maximum absolute atomic E-state index is 12.6. The Morgan fingerprint density at radius 2 is 0.733 bits per heavy atom. The van der Waals surface area contributed by atoms with E-state index in [1.165, 1.54) is 103 Å². The van der Waals surface area contributed by atoms with Crippen molar-refractivity contribution in [3.05, 3.63) is 0 Å². The van der Waals surface area contributed by atoms with E-state index in [9.17, 15) is 14.4 Å². The van der Waals surface area contributed by atoms with Gasteiger partial charge < -0.3 is 14.2 Å². The molecular formula is C39H74O6. The van der Waals surface area contributed by atoms with Gasteiger partial charge in [-0.3, -0.25) is 14.4 Å². The Labute approximate surface area is 278 Å². The second kappa shape index (κ2) is 33.8. The van der Waals surface area contributed by atoms with Gasteiger partial charge in [-0.2, -0.15) is 0 Å². The van der Waals surface area contributed by atoms with Crippen LogP contribution in [0.3, 0.4) is 0 Å². The third-order valence-corrected chi connectivity index (χ3v) is 8.54. The Hall–Kier alpha value is -1.59. The number of hydrogen-bond acceptors (Lipinski definition) is 6. The molecule has 6 heteroatoms. The van der Waals surface area contributed by atoms with Crippen LogP contribution in [0, 0.1) is 5.92 Å². The number of carbonyl (C=O) groups excluding carboxylic acids is 3. The van der Waals surface area contributed by atoms with Gasteiger partial charge in [-0.25, -0.2) is 0 Å². The van der Waals surface area contributed by atoms with Crippen molar-refractivity contribution in [2.24, 2.45) is 5.92 Å². The first-order valence-corrected chi connectivity index (χ1v) is 19.4. The highest BCUT2D eigenvalue weighted by Gasteiger charge is 2.19. The molecule has 0 aliphatic carbocycles. The number of rotatable bonds is 34. The third-order valence-electron chi connectivity index (χ3n) is 8.54. The van der Waals surface area contributed by atoms with Crippen LogP contribution in [0.15, 0.2) is 0 Å². The lowest BCUT2D eigenvalue weighted by Crippen LogP contribution is -2.30. The van der Waals surface area contributed by atoms with Gasteiger partial charge in [-0.15, -0.1) is 0 Å². The Morgan fingerprint density at radius 3 is 1.09 bits per heavy atom. The van der Waals surface area contributed by atoms with Crippen LogP contribution in [0.2, 0.25) is 0 Å². The molecule has 0 rings (SSSR count). The molecule has 0 aromatic heterocycles. The molecule has 0 radical (unpaired) electrons. The van der Waals surface area contributed by atoms with Crippen molar-refractivity contribution in [1.29, 1.82) is 0 Å². The van der Waals surface area contributed by atoms with Crippen LogP contribution in [0.5, 0.6) is 0 Å². The zero-order chi connectivity index (χ0) is 33.2. The van der Waals surface area contributed by atoms with Crippen molar-refractivity contribution in [2.45, 2.75) is 214 Å². The summed E-state index contributed by atoms with van der Waals surface area (Å²) in [6.07, 6.45) is 29.6. The summed E-state index contributed by atoms with van der Waals surface area (Å²) < 4.78 is 16.5. The number of hydrogen-bond donors (Lipinski definition) is 0. The van der Waals surface area contributed by atoms with Gasteiger partial charge in [0.15, 0.2) is 6.10 Å². The second-order valence-corrected chi connectivity index (χ2v) is 13.7. The zero-order valence-electron chi connectivity index (χ0n) is 30.3. The molecule has 45 heavy (non-hydrogen) atoms. The van der Waals surface area contributed by atoms with Crippen LogP contribution in [-0.4, -0.2) is 37.2 Å². The molecule has 0 spiro atoms. The molecule has 0 saturated heterocycles. The van der Waals surface area contributed by atoms with Crippen LogP contribution in [0.1, 0.15) is 207 Å². The van der Waals surface area contributed by atoms with Crippen molar-refractivity contribution >= 4 is 17.9 Å². The van der Waals surface area contributed by atoms with Crippen LogP contribution < -0.4 is 0 Å². The van der Waals surface area contributed by atoms with Gasteiger partial charge >= 0.3 is 17.9 Å². The van der Waals surface area contributed by atoms with Crippen LogP contribution in [0.25, 0.3) is 0 Å². The fourth-order valence-corrected chi connectivity index (χ4v) is 5.57. The maximum Gasteiger partial charge on any atom is 0.306 e. The Balaban J connectivity index is 4.34. The van der Waals surface area contributed by atoms with Crippen molar-refractivity contribution in [2.75, 3.05) is 13.2 Å². The van der Waals surface area contributed by atoms with Crippen LogP contribution in [-0.2, 0) is 28.6 Å². The van der Waals surface area contributed by atoms with Crippen LogP contribution in [0.4, 0.5) is 0 Å². The minimum Gasteiger partial charge on any atom is -0.462 e. The van der Waals surface area contributed by atoms with Gasteiger partial charge in [0.05, 0.1) is 0 Å². The lowest BCUT2D eigenvalue weighted by atomic mass is 10.0. The fraction of sp³-hybridized carbons (Fsp3) is 0.923.